The van der Waals surface area contributed by atoms with Crippen molar-refractivity contribution in [1.29, 1.82) is 0 Å². The highest BCUT2D eigenvalue weighted by atomic mass is 35.5. The Morgan fingerprint density at radius 3 is 2.53 bits per heavy atom. The lowest BCUT2D eigenvalue weighted by Gasteiger charge is -2.09. The van der Waals surface area contributed by atoms with Gasteiger partial charge in [-0.3, -0.25) is 4.79 Å². The van der Waals surface area contributed by atoms with Gasteiger partial charge in [0.25, 0.3) is 0 Å². The quantitative estimate of drug-likeness (QED) is 0.615. The summed E-state index contributed by atoms with van der Waals surface area (Å²) in [5.74, 6) is -1.80. The number of hydrogen-bond acceptors (Lipinski definition) is 4. The molecule has 0 heterocycles. The molecule has 0 aliphatic heterocycles. The third-order valence-corrected chi connectivity index (χ3v) is 2.01. The average molecular weight is 229 g/mol. The number of ether oxygens (including phenoxy) is 1. The summed E-state index contributed by atoms with van der Waals surface area (Å²) in [5.41, 5.74) is 0.213. The van der Waals surface area contributed by atoms with Gasteiger partial charge in [0.15, 0.2) is 6.10 Å². The number of carbonyl (C=O) groups excluding carboxylic acids is 2. The van der Waals surface area contributed by atoms with Crippen molar-refractivity contribution in [3.8, 4) is 0 Å². The van der Waals surface area contributed by atoms with E-state index in [1.54, 1.807) is 12.1 Å². The molecule has 0 unspecified atom stereocenters. The molecule has 0 aliphatic rings. The zero-order valence-electron chi connectivity index (χ0n) is 7.94. The number of esters is 2. The highest BCUT2D eigenvalue weighted by Gasteiger charge is 2.22. The SMILES string of the molecule is CC(=O)OC(=O)[C@H](O)c1ccccc1Cl. The molecule has 4 nitrogen and oxygen atoms in total. The fraction of sp³-hybridized carbons (Fsp3) is 0.200. The molecule has 0 saturated heterocycles. The molecule has 0 bridgehead atoms. The van der Waals surface area contributed by atoms with Gasteiger partial charge in [-0.15, -0.1) is 0 Å². The first-order chi connectivity index (χ1) is 7.02. The molecular weight excluding hydrogens is 220 g/mol. The van der Waals surface area contributed by atoms with Crippen molar-refractivity contribution >= 4 is 23.5 Å². The summed E-state index contributed by atoms with van der Waals surface area (Å²) in [5, 5.41) is 9.75. The van der Waals surface area contributed by atoms with Crippen molar-refractivity contribution < 1.29 is 19.4 Å². The Kier molecular flexibility index (Phi) is 3.82. The van der Waals surface area contributed by atoms with E-state index in [1.165, 1.54) is 12.1 Å². The van der Waals surface area contributed by atoms with Crippen LogP contribution in [0.2, 0.25) is 5.02 Å². The molecule has 0 fully saturated rings. The van der Waals surface area contributed by atoms with Crippen LogP contribution >= 0.6 is 11.6 Å². The first kappa shape index (κ1) is 11.7. The number of halogens is 1. The fourth-order valence-corrected chi connectivity index (χ4v) is 1.26. The summed E-state index contributed by atoms with van der Waals surface area (Å²) in [6.45, 7) is 1.08. The highest BCUT2D eigenvalue weighted by molar-refractivity contribution is 6.31. The summed E-state index contributed by atoms with van der Waals surface area (Å²) in [6, 6.07) is 6.29. The first-order valence-corrected chi connectivity index (χ1v) is 4.55. The molecule has 0 aliphatic carbocycles. The summed E-state index contributed by atoms with van der Waals surface area (Å²) in [4.78, 5) is 21.6. The van der Waals surface area contributed by atoms with Gasteiger partial charge in [-0.2, -0.15) is 0 Å². The number of aliphatic hydroxyl groups is 1. The Bertz CT molecular complexity index is 389. The molecule has 1 rings (SSSR count). The third-order valence-electron chi connectivity index (χ3n) is 1.67. The smallest absolute Gasteiger partial charge is 0.347 e. The number of rotatable bonds is 2. The van der Waals surface area contributed by atoms with Gasteiger partial charge in [0.05, 0.1) is 0 Å². The Hall–Kier alpha value is -1.39. The number of benzene rings is 1. The van der Waals surface area contributed by atoms with E-state index < -0.39 is 18.0 Å². The van der Waals surface area contributed by atoms with Gasteiger partial charge < -0.3 is 9.84 Å². The summed E-state index contributed by atoms with van der Waals surface area (Å²) in [6.07, 6.45) is -1.54. The molecule has 0 radical (unpaired) electrons. The minimum Gasteiger partial charge on any atom is -0.391 e. The molecule has 1 N–H and O–H groups in total. The molecule has 1 aromatic carbocycles. The van der Waals surface area contributed by atoms with E-state index in [0.717, 1.165) is 6.92 Å². The predicted octanol–water partition coefficient (Wildman–Crippen LogP) is 1.46. The van der Waals surface area contributed by atoms with Crippen molar-refractivity contribution in [2.45, 2.75) is 13.0 Å². The molecule has 0 spiro atoms. The van der Waals surface area contributed by atoms with Gasteiger partial charge in [-0.05, 0) is 6.07 Å². The van der Waals surface area contributed by atoms with Crippen LogP contribution < -0.4 is 0 Å². The van der Waals surface area contributed by atoms with Gasteiger partial charge in [0, 0.05) is 17.5 Å². The molecule has 5 heteroatoms. The number of aliphatic hydroxyl groups excluding tert-OH is 1. The fourth-order valence-electron chi connectivity index (χ4n) is 1.02. The van der Waals surface area contributed by atoms with Crippen LogP contribution in [0.3, 0.4) is 0 Å². The maximum Gasteiger partial charge on any atom is 0.347 e. The molecule has 80 valence electrons. The maximum absolute atomic E-state index is 11.2. The molecule has 0 amide bonds. The van der Waals surface area contributed by atoms with E-state index in [1.807, 2.05) is 0 Å². The molecular formula is C10H9ClO4. The summed E-state index contributed by atoms with van der Waals surface area (Å²) >= 11 is 5.75. The van der Waals surface area contributed by atoms with E-state index in [-0.39, 0.29) is 10.6 Å². The van der Waals surface area contributed by atoms with Gasteiger partial charge >= 0.3 is 11.9 Å². The largest absolute Gasteiger partial charge is 0.391 e. The van der Waals surface area contributed by atoms with Gasteiger partial charge in [-0.1, -0.05) is 29.8 Å². The van der Waals surface area contributed by atoms with E-state index in [9.17, 15) is 14.7 Å². The standard InChI is InChI=1S/C10H9ClO4/c1-6(12)15-10(14)9(13)7-4-2-3-5-8(7)11/h2-5,9,13H,1H3/t9-/m1/s1. The second-order valence-corrected chi connectivity index (χ2v) is 3.24. The minimum absolute atomic E-state index is 0.213. The normalized spacial score (nSPS) is 11.9. The van der Waals surface area contributed by atoms with Gasteiger partial charge in [-0.25, -0.2) is 4.79 Å². The lowest BCUT2D eigenvalue weighted by molar-refractivity contribution is -0.164. The van der Waals surface area contributed by atoms with Crippen molar-refractivity contribution in [2.75, 3.05) is 0 Å². The second-order valence-electron chi connectivity index (χ2n) is 2.84. The third kappa shape index (κ3) is 3.04. The Balaban J connectivity index is 2.85. The van der Waals surface area contributed by atoms with Crippen LogP contribution in [0.25, 0.3) is 0 Å². The number of hydrogen-bond donors (Lipinski definition) is 1. The van der Waals surface area contributed by atoms with Crippen LogP contribution in [0.1, 0.15) is 18.6 Å². The van der Waals surface area contributed by atoms with Crippen LogP contribution in [0, 0.1) is 0 Å². The van der Waals surface area contributed by atoms with Crippen LogP contribution in [0.4, 0.5) is 0 Å². The molecule has 15 heavy (non-hydrogen) atoms. The molecule has 1 aromatic rings. The summed E-state index contributed by atoms with van der Waals surface area (Å²) < 4.78 is 4.23. The van der Waals surface area contributed by atoms with Crippen molar-refractivity contribution in [2.24, 2.45) is 0 Å². The zero-order chi connectivity index (χ0) is 11.4. The molecule has 0 saturated carbocycles. The van der Waals surface area contributed by atoms with Crippen LogP contribution in [0.15, 0.2) is 24.3 Å². The van der Waals surface area contributed by atoms with Crippen LogP contribution in [-0.2, 0) is 14.3 Å². The van der Waals surface area contributed by atoms with Crippen molar-refractivity contribution in [3.05, 3.63) is 34.9 Å². The van der Waals surface area contributed by atoms with E-state index in [4.69, 9.17) is 11.6 Å². The monoisotopic (exact) mass is 228 g/mol. The first-order valence-electron chi connectivity index (χ1n) is 4.17. The van der Waals surface area contributed by atoms with Gasteiger partial charge in [0.2, 0.25) is 0 Å². The molecule has 0 aromatic heterocycles. The van der Waals surface area contributed by atoms with Crippen LogP contribution in [-0.4, -0.2) is 17.0 Å². The van der Waals surface area contributed by atoms with E-state index >= 15 is 0 Å². The van der Waals surface area contributed by atoms with E-state index in [0.29, 0.717) is 0 Å². The average Bonchev–Trinajstić information content (AvgIpc) is 2.16. The summed E-state index contributed by atoms with van der Waals surface area (Å²) in [7, 11) is 0. The lowest BCUT2D eigenvalue weighted by atomic mass is 10.1. The van der Waals surface area contributed by atoms with Crippen LogP contribution in [0.5, 0.6) is 0 Å². The molecule has 1 atom stereocenters. The topological polar surface area (TPSA) is 63.6 Å². The lowest BCUT2D eigenvalue weighted by Crippen LogP contribution is -2.18. The second kappa shape index (κ2) is 4.91. The Morgan fingerprint density at radius 1 is 1.40 bits per heavy atom. The highest BCUT2D eigenvalue weighted by Crippen LogP contribution is 2.23. The maximum atomic E-state index is 11.2. The van der Waals surface area contributed by atoms with Crippen molar-refractivity contribution in [3.63, 3.8) is 0 Å². The van der Waals surface area contributed by atoms with Gasteiger partial charge in [0.1, 0.15) is 0 Å². The minimum atomic E-state index is -1.54. The van der Waals surface area contributed by atoms with E-state index in [2.05, 4.69) is 4.74 Å². The number of carbonyl (C=O) groups is 2. The van der Waals surface area contributed by atoms with Crippen molar-refractivity contribution in [1.82, 2.24) is 0 Å². The zero-order valence-corrected chi connectivity index (χ0v) is 8.69. The predicted molar refractivity (Wildman–Crippen MR) is 53.2 cm³/mol. The Morgan fingerprint density at radius 2 is 2.00 bits per heavy atom. The Labute approximate surface area is 91.4 Å².